The molecule has 1 heterocycles. The van der Waals surface area contributed by atoms with Crippen molar-refractivity contribution in [1.29, 1.82) is 0 Å². The first-order valence-corrected chi connectivity index (χ1v) is 6.61. The van der Waals surface area contributed by atoms with Crippen molar-refractivity contribution in [2.75, 3.05) is 5.73 Å². The molecule has 0 aliphatic carbocycles. The van der Waals surface area contributed by atoms with Gasteiger partial charge in [0.1, 0.15) is 11.6 Å². The maximum atomic E-state index is 14.3. The molecule has 4 heteroatoms. The lowest BCUT2D eigenvalue weighted by Gasteiger charge is -2.19. The van der Waals surface area contributed by atoms with Crippen molar-refractivity contribution in [3.8, 4) is 11.4 Å². The monoisotopic (exact) mass is 273 g/mol. The van der Waals surface area contributed by atoms with Crippen molar-refractivity contribution >= 4 is 5.82 Å². The standard InChI is InChI=1S/C16H20FN3/c1-9-10(2)19-15(20-14(9)18)12-7-6-11(8-13(12)17)16(3,4)5/h6-8H,1-5H3,(H2,18,19,20). The minimum Gasteiger partial charge on any atom is -0.383 e. The van der Waals surface area contributed by atoms with Crippen molar-refractivity contribution in [3.63, 3.8) is 0 Å². The lowest BCUT2D eigenvalue weighted by molar-refractivity contribution is 0.573. The number of hydrogen-bond donors (Lipinski definition) is 1. The molecular weight excluding hydrogens is 253 g/mol. The molecule has 2 aromatic rings. The maximum absolute atomic E-state index is 14.3. The number of nitrogens with zero attached hydrogens (tertiary/aromatic N) is 2. The van der Waals surface area contributed by atoms with Crippen molar-refractivity contribution in [1.82, 2.24) is 9.97 Å². The molecular formula is C16H20FN3. The van der Waals surface area contributed by atoms with Gasteiger partial charge >= 0.3 is 0 Å². The van der Waals surface area contributed by atoms with E-state index in [1.165, 1.54) is 0 Å². The number of aryl methyl sites for hydroxylation is 1. The maximum Gasteiger partial charge on any atom is 0.164 e. The van der Waals surface area contributed by atoms with E-state index in [1.807, 2.05) is 40.7 Å². The summed E-state index contributed by atoms with van der Waals surface area (Å²) < 4.78 is 14.3. The van der Waals surface area contributed by atoms with Crippen LogP contribution in [-0.2, 0) is 5.41 Å². The molecule has 0 bridgehead atoms. The molecule has 0 unspecified atom stereocenters. The van der Waals surface area contributed by atoms with Crippen LogP contribution in [0.4, 0.5) is 10.2 Å². The summed E-state index contributed by atoms with van der Waals surface area (Å²) >= 11 is 0. The van der Waals surface area contributed by atoms with Gasteiger partial charge in [-0.1, -0.05) is 26.8 Å². The molecule has 20 heavy (non-hydrogen) atoms. The highest BCUT2D eigenvalue weighted by atomic mass is 19.1. The molecule has 1 aromatic heterocycles. The average Bonchev–Trinajstić information content (AvgIpc) is 2.34. The van der Waals surface area contributed by atoms with E-state index < -0.39 is 0 Å². The summed E-state index contributed by atoms with van der Waals surface area (Å²) in [5.41, 5.74) is 8.67. The SMILES string of the molecule is Cc1nc(-c2ccc(C(C)(C)C)cc2F)nc(N)c1C. The number of anilines is 1. The predicted octanol–water partition coefficient (Wildman–Crippen LogP) is 3.78. The Morgan fingerprint density at radius 3 is 2.25 bits per heavy atom. The smallest absolute Gasteiger partial charge is 0.164 e. The topological polar surface area (TPSA) is 51.8 Å². The summed E-state index contributed by atoms with van der Waals surface area (Å²) in [6.07, 6.45) is 0. The van der Waals surface area contributed by atoms with E-state index in [0.717, 1.165) is 16.8 Å². The van der Waals surface area contributed by atoms with Crippen LogP contribution in [0.5, 0.6) is 0 Å². The van der Waals surface area contributed by atoms with Gasteiger partial charge in [0.2, 0.25) is 0 Å². The van der Waals surface area contributed by atoms with Crippen LogP contribution in [0.3, 0.4) is 0 Å². The van der Waals surface area contributed by atoms with E-state index in [2.05, 4.69) is 9.97 Å². The van der Waals surface area contributed by atoms with Gasteiger partial charge in [0, 0.05) is 11.3 Å². The number of rotatable bonds is 1. The van der Waals surface area contributed by atoms with Crippen LogP contribution in [0.1, 0.15) is 37.6 Å². The highest BCUT2D eigenvalue weighted by molar-refractivity contribution is 5.60. The Labute approximate surface area is 119 Å². The van der Waals surface area contributed by atoms with E-state index in [9.17, 15) is 4.39 Å². The Morgan fingerprint density at radius 2 is 1.75 bits per heavy atom. The zero-order valence-electron chi connectivity index (χ0n) is 12.6. The molecule has 0 aliphatic rings. The first kappa shape index (κ1) is 14.4. The molecule has 0 atom stereocenters. The summed E-state index contributed by atoms with van der Waals surface area (Å²) in [6, 6.07) is 5.18. The predicted molar refractivity (Wildman–Crippen MR) is 80.0 cm³/mol. The molecule has 0 saturated heterocycles. The lowest BCUT2D eigenvalue weighted by Crippen LogP contribution is -2.11. The lowest BCUT2D eigenvalue weighted by atomic mass is 9.86. The van der Waals surface area contributed by atoms with Gasteiger partial charge < -0.3 is 5.73 Å². The van der Waals surface area contributed by atoms with Gasteiger partial charge in [-0.05, 0) is 37.0 Å². The third-order valence-corrected chi connectivity index (χ3v) is 3.50. The highest BCUT2D eigenvalue weighted by Crippen LogP contribution is 2.28. The van der Waals surface area contributed by atoms with Gasteiger partial charge in [-0.3, -0.25) is 0 Å². The fourth-order valence-corrected chi connectivity index (χ4v) is 1.93. The minimum atomic E-state index is -0.319. The molecule has 1 aromatic carbocycles. The molecule has 2 N–H and O–H groups in total. The van der Waals surface area contributed by atoms with Crippen LogP contribution >= 0.6 is 0 Å². The fourth-order valence-electron chi connectivity index (χ4n) is 1.93. The second-order valence-electron chi connectivity index (χ2n) is 6.09. The van der Waals surface area contributed by atoms with Crippen molar-refractivity contribution in [2.24, 2.45) is 0 Å². The molecule has 2 rings (SSSR count). The van der Waals surface area contributed by atoms with Crippen molar-refractivity contribution < 1.29 is 4.39 Å². The molecule has 106 valence electrons. The summed E-state index contributed by atoms with van der Waals surface area (Å²) in [6.45, 7) is 9.84. The average molecular weight is 273 g/mol. The van der Waals surface area contributed by atoms with Crippen LogP contribution in [0, 0.1) is 19.7 Å². The van der Waals surface area contributed by atoms with Crippen molar-refractivity contribution in [3.05, 3.63) is 40.8 Å². The highest BCUT2D eigenvalue weighted by Gasteiger charge is 2.17. The normalized spacial score (nSPS) is 11.7. The van der Waals surface area contributed by atoms with Gasteiger partial charge in [-0.15, -0.1) is 0 Å². The third kappa shape index (κ3) is 2.64. The first-order valence-electron chi connectivity index (χ1n) is 6.61. The molecule has 0 saturated carbocycles. The van der Waals surface area contributed by atoms with Crippen molar-refractivity contribution in [2.45, 2.75) is 40.0 Å². The number of nitrogen functional groups attached to an aromatic ring is 1. The van der Waals surface area contributed by atoms with E-state index in [-0.39, 0.29) is 11.2 Å². The number of nitrogens with two attached hydrogens (primary N) is 1. The molecule has 0 fully saturated rings. The summed E-state index contributed by atoms with van der Waals surface area (Å²) in [5.74, 6) is 0.412. The second-order valence-corrected chi connectivity index (χ2v) is 6.09. The Hall–Kier alpha value is -1.97. The van der Waals surface area contributed by atoms with Gasteiger partial charge in [0.25, 0.3) is 0 Å². The molecule has 0 radical (unpaired) electrons. The fraction of sp³-hybridized carbons (Fsp3) is 0.375. The summed E-state index contributed by atoms with van der Waals surface area (Å²) in [5, 5.41) is 0. The quantitative estimate of drug-likeness (QED) is 0.860. The first-order chi connectivity index (χ1) is 9.20. The van der Waals surface area contributed by atoms with Gasteiger partial charge in [0.15, 0.2) is 5.82 Å². The van der Waals surface area contributed by atoms with Gasteiger partial charge in [0.05, 0.1) is 5.56 Å². The molecule has 0 spiro atoms. The Bertz CT molecular complexity index is 634. The van der Waals surface area contributed by atoms with Crippen LogP contribution < -0.4 is 5.73 Å². The third-order valence-electron chi connectivity index (χ3n) is 3.50. The number of aromatic nitrogens is 2. The van der Waals surface area contributed by atoms with Gasteiger partial charge in [-0.2, -0.15) is 0 Å². The number of halogens is 1. The van der Waals surface area contributed by atoms with Crippen LogP contribution in [0.25, 0.3) is 11.4 Å². The Balaban J connectivity index is 2.54. The summed E-state index contributed by atoms with van der Waals surface area (Å²) in [4.78, 5) is 8.51. The zero-order chi connectivity index (χ0) is 15.1. The Kier molecular flexibility index (Phi) is 3.50. The number of hydrogen-bond acceptors (Lipinski definition) is 3. The largest absolute Gasteiger partial charge is 0.383 e. The van der Waals surface area contributed by atoms with E-state index in [1.54, 1.807) is 12.1 Å². The minimum absolute atomic E-state index is 0.0948. The molecule has 0 aliphatic heterocycles. The molecule has 3 nitrogen and oxygen atoms in total. The van der Waals surface area contributed by atoms with Gasteiger partial charge in [-0.25, -0.2) is 14.4 Å². The Morgan fingerprint density at radius 1 is 1.10 bits per heavy atom. The van der Waals surface area contributed by atoms with E-state index in [0.29, 0.717) is 17.2 Å². The van der Waals surface area contributed by atoms with Crippen LogP contribution in [0.2, 0.25) is 0 Å². The van der Waals surface area contributed by atoms with Crippen LogP contribution in [-0.4, -0.2) is 9.97 Å². The summed E-state index contributed by atoms with van der Waals surface area (Å²) in [7, 11) is 0. The number of benzene rings is 1. The van der Waals surface area contributed by atoms with Crippen LogP contribution in [0.15, 0.2) is 18.2 Å². The second kappa shape index (κ2) is 4.85. The zero-order valence-corrected chi connectivity index (χ0v) is 12.6. The van der Waals surface area contributed by atoms with E-state index in [4.69, 9.17) is 5.73 Å². The molecule has 0 amide bonds. The van der Waals surface area contributed by atoms with E-state index >= 15 is 0 Å².